The number of likely N-dealkylation sites (tertiary alicyclic amines) is 1. The van der Waals surface area contributed by atoms with Gasteiger partial charge in [-0.05, 0) is 43.4 Å². The summed E-state index contributed by atoms with van der Waals surface area (Å²) >= 11 is 0. The van der Waals surface area contributed by atoms with Crippen LogP contribution in [0.4, 0.5) is 4.39 Å². The summed E-state index contributed by atoms with van der Waals surface area (Å²) in [5.74, 6) is 0.0614. The van der Waals surface area contributed by atoms with Crippen molar-refractivity contribution in [1.82, 2.24) is 10.2 Å². The molecule has 1 amide bonds. The molecule has 1 aromatic carbocycles. The summed E-state index contributed by atoms with van der Waals surface area (Å²) in [7, 11) is 1.47. The maximum Gasteiger partial charge on any atom is 0.224 e. The average molecular weight is 349 g/mol. The highest BCUT2D eigenvalue weighted by molar-refractivity contribution is 5.80. The van der Waals surface area contributed by atoms with Crippen molar-refractivity contribution in [3.8, 4) is 5.75 Å². The Kier molecular flexibility index (Phi) is 5.91. The van der Waals surface area contributed by atoms with E-state index in [9.17, 15) is 9.18 Å². The van der Waals surface area contributed by atoms with Crippen LogP contribution in [0, 0.1) is 11.7 Å². The van der Waals surface area contributed by atoms with Crippen LogP contribution in [0.5, 0.6) is 5.75 Å². The van der Waals surface area contributed by atoms with E-state index >= 15 is 0 Å². The van der Waals surface area contributed by atoms with Crippen molar-refractivity contribution in [1.29, 1.82) is 0 Å². The van der Waals surface area contributed by atoms with Gasteiger partial charge >= 0.3 is 0 Å². The van der Waals surface area contributed by atoms with Gasteiger partial charge in [0.2, 0.25) is 5.91 Å². The summed E-state index contributed by atoms with van der Waals surface area (Å²) in [4.78, 5) is 14.6. The van der Waals surface area contributed by atoms with Crippen LogP contribution < -0.4 is 15.8 Å². The summed E-state index contributed by atoms with van der Waals surface area (Å²) in [5, 5.41) is 3.18. The number of hydrogen-bond acceptors (Lipinski definition) is 4. The number of carbonyl (C=O) groups excluding carboxylic acids is 1. The SMILES string of the molecule is COc1ccc(CN2CCC(NC(=O)[C@H]3CCC[C@@H]3N)CC2)cc1F. The van der Waals surface area contributed by atoms with Gasteiger partial charge in [0.05, 0.1) is 13.0 Å². The van der Waals surface area contributed by atoms with E-state index in [0.29, 0.717) is 0 Å². The van der Waals surface area contributed by atoms with E-state index in [2.05, 4.69) is 10.2 Å². The Morgan fingerprint density at radius 1 is 1.32 bits per heavy atom. The van der Waals surface area contributed by atoms with Crippen LogP contribution in [0.15, 0.2) is 18.2 Å². The molecule has 25 heavy (non-hydrogen) atoms. The Labute approximate surface area is 148 Å². The summed E-state index contributed by atoms with van der Waals surface area (Å²) in [6.45, 7) is 2.51. The van der Waals surface area contributed by atoms with E-state index < -0.39 is 0 Å². The molecule has 0 unspecified atom stereocenters. The fourth-order valence-electron chi connectivity index (χ4n) is 3.92. The summed E-state index contributed by atoms with van der Waals surface area (Å²) < 4.78 is 18.7. The Balaban J connectivity index is 1.45. The molecule has 2 fully saturated rings. The van der Waals surface area contributed by atoms with E-state index in [0.717, 1.165) is 57.3 Å². The first-order chi connectivity index (χ1) is 12.1. The minimum atomic E-state index is -0.324. The number of nitrogens with zero attached hydrogens (tertiary/aromatic N) is 1. The minimum absolute atomic E-state index is 0.0136. The molecule has 1 heterocycles. The summed E-state index contributed by atoms with van der Waals surface area (Å²) in [6.07, 6.45) is 4.76. The summed E-state index contributed by atoms with van der Waals surface area (Å²) in [6, 6.07) is 5.35. The second kappa shape index (κ2) is 8.15. The lowest BCUT2D eigenvalue weighted by Crippen LogP contribution is -2.48. The maximum atomic E-state index is 13.8. The zero-order chi connectivity index (χ0) is 17.8. The van der Waals surface area contributed by atoms with Gasteiger partial charge in [-0.25, -0.2) is 4.39 Å². The molecule has 6 heteroatoms. The zero-order valence-corrected chi connectivity index (χ0v) is 14.8. The molecule has 1 aromatic rings. The zero-order valence-electron chi connectivity index (χ0n) is 14.8. The number of nitrogens with one attached hydrogen (secondary N) is 1. The van der Waals surface area contributed by atoms with E-state index in [-0.39, 0.29) is 35.5 Å². The molecule has 3 rings (SSSR count). The molecule has 1 aliphatic heterocycles. The lowest BCUT2D eigenvalue weighted by Gasteiger charge is -2.33. The number of piperidine rings is 1. The van der Waals surface area contributed by atoms with Gasteiger partial charge < -0.3 is 15.8 Å². The van der Waals surface area contributed by atoms with Crippen LogP contribution in [-0.4, -0.2) is 43.1 Å². The van der Waals surface area contributed by atoms with Gasteiger partial charge in [-0.1, -0.05) is 12.5 Å². The fourth-order valence-corrected chi connectivity index (χ4v) is 3.92. The van der Waals surface area contributed by atoms with Gasteiger partial charge in [0, 0.05) is 31.7 Å². The molecular formula is C19H28FN3O2. The van der Waals surface area contributed by atoms with Crippen molar-refractivity contribution in [3.63, 3.8) is 0 Å². The van der Waals surface area contributed by atoms with Crippen molar-refractivity contribution >= 4 is 5.91 Å². The Hall–Kier alpha value is -1.66. The molecule has 2 atom stereocenters. The first kappa shape index (κ1) is 18.1. The molecule has 138 valence electrons. The van der Waals surface area contributed by atoms with E-state index in [1.807, 2.05) is 6.07 Å². The highest BCUT2D eigenvalue weighted by Crippen LogP contribution is 2.25. The first-order valence-electron chi connectivity index (χ1n) is 9.17. The van der Waals surface area contributed by atoms with E-state index in [1.165, 1.54) is 13.2 Å². The topological polar surface area (TPSA) is 67.6 Å². The molecule has 5 nitrogen and oxygen atoms in total. The van der Waals surface area contributed by atoms with Gasteiger partial charge in [0.1, 0.15) is 0 Å². The van der Waals surface area contributed by atoms with Gasteiger partial charge in [-0.3, -0.25) is 9.69 Å². The third kappa shape index (κ3) is 4.50. The number of rotatable bonds is 5. The van der Waals surface area contributed by atoms with Crippen molar-refractivity contribution < 1.29 is 13.9 Å². The van der Waals surface area contributed by atoms with Gasteiger partial charge in [0.25, 0.3) is 0 Å². The predicted octanol–water partition coefficient (Wildman–Crippen LogP) is 2.04. The molecule has 0 aromatic heterocycles. The lowest BCUT2D eigenvalue weighted by atomic mass is 10.00. The number of ether oxygens (including phenoxy) is 1. The second-order valence-corrected chi connectivity index (χ2v) is 7.23. The third-order valence-corrected chi connectivity index (χ3v) is 5.46. The number of nitrogens with two attached hydrogens (primary N) is 1. The largest absolute Gasteiger partial charge is 0.494 e. The highest BCUT2D eigenvalue weighted by atomic mass is 19.1. The Bertz CT molecular complexity index is 602. The van der Waals surface area contributed by atoms with Crippen molar-refractivity contribution in [3.05, 3.63) is 29.6 Å². The molecule has 1 aliphatic carbocycles. The molecule has 2 aliphatic rings. The highest BCUT2D eigenvalue weighted by Gasteiger charge is 2.32. The quantitative estimate of drug-likeness (QED) is 0.854. The third-order valence-electron chi connectivity index (χ3n) is 5.46. The van der Waals surface area contributed by atoms with Crippen LogP contribution in [0.2, 0.25) is 0 Å². The predicted molar refractivity (Wildman–Crippen MR) is 94.7 cm³/mol. The number of carbonyl (C=O) groups is 1. The van der Waals surface area contributed by atoms with Crippen LogP contribution in [0.1, 0.15) is 37.7 Å². The molecule has 1 saturated carbocycles. The number of methoxy groups -OCH3 is 1. The molecule has 3 N–H and O–H groups in total. The number of halogens is 1. The fraction of sp³-hybridized carbons (Fsp3) is 0.632. The van der Waals surface area contributed by atoms with Crippen LogP contribution in [-0.2, 0) is 11.3 Å². The molecular weight excluding hydrogens is 321 g/mol. The number of hydrogen-bond donors (Lipinski definition) is 2. The van der Waals surface area contributed by atoms with Crippen molar-refractivity contribution in [2.45, 2.75) is 50.7 Å². The first-order valence-corrected chi connectivity index (χ1v) is 9.17. The van der Waals surface area contributed by atoms with Crippen LogP contribution in [0.25, 0.3) is 0 Å². The average Bonchev–Trinajstić information content (AvgIpc) is 3.03. The smallest absolute Gasteiger partial charge is 0.224 e. The van der Waals surface area contributed by atoms with Crippen LogP contribution >= 0.6 is 0 Å². The molecule has 1 saturated heterocycles. The van der Waals surface area contributed by atoms with E-state index in [1.54, 1.807) is 6.07 Å². The Morgan fingerprint density at radius 2 is 2.08 bits per heavy atom. The molecule has 0 spiro atoms. The number of amides is 1. The minimum Gasteiger partial charge on any atom is -0.494 e. The van der Waals surface area contributed by atoms with E-state index in [4.69, 9.17) is 10.5 Å². The monoisotopic (exact) mass is 349 g/mol. The second-order valence-electron chi connectivity index (χ2n) is 7.23. The van der Waals surface area contributed by atoms with Gasteiger partial charge in [-0.15, -0.1) is 0 Å². The lowest BCUT2D eigenvalue weighted by molar-refractivity contribution is -0.126. The van der Waals surface area contributed by atoms with Crippen molar-refractivity contribution in [2.24, 2.45) is 11.7 Å². The number of benzene rings is 1. The van der Waals surface area contributed by atoms with Crippen molar-refractivity contribution in [2.75, 3.05) is 20.2 Å². The molecule has 0 radical (unpaired) electrons. The van der Waals surface area contributed by atoms with Gasteiger partial charge in [-0.2, -0.15) is 0 Å². The van der Waals surface area contributed by atoms with Crippen LogP contribution in [0.3, 0.4) is 0 Å². The van der Waals surface area contributed by atoms with Gasteiger partial charge in [0.15, 0.2) is 11.6 Å². The molecule has 0 bridgehead atoms. The maximum absolute atomic E-state index is 13.8. The summed E-state index contributed by atoms with van der Waals surface area (Å²) in [5.41, 5.74) is 6.96. The Morgan fingerprint density at radius 3 is 2.68 bits per heavy atom. The normalized spacial score (nSPS) is 25.1. The standard InChI is InChI=1S/C19H28FN3O2/c1-25-18-6-5-13(11-16(18)20)12-23-9-7-14(8-10-23)22-19(24)15-3-2-4-17(15)21/h5-6,11,14-15,17H,2-4,7-10,12,21H2,1H3,(H,22,24)/t15-,17-/m0/s1.